The van der Waals surface area contributed by atoms with E-state index in [1.54, 1.807) is 31.2 Å². The van der Waals surface area contributed by atoms with Crippen LogP contribution in [0, 0.1) is 5.82 Å². The van der Waals surface area contributed by atoms with Crippen LogP contribution in [0.1, 0.15) is 17.4 Å². The SMILES string of the molecule is CCn1nc(C(=O)NNC(=O)Cn2cnc3ccc(F)cc3c2=O)c2ccccc2c1=O. The molecule has 2 N–H and O–H groups in total. The fourth-order valence-corrected chi connectivity index (χ4v) is 3.24. The summed E-state index contributed by atoms with van der Waals surface area (Å²) < 4.78 is 15.6. The quantitative estimate of drug-likeness (QED) is 0.454. The van der Waals surface area contributed by atoms with Crippen LogP contribution in [0.3, 0.4) is 0 Å². The molecule has 0 bridgehead atoms. The Morgan fingerprint density at radius 2 is 1.75 bits per heavy atom. The average Bonchev–Trinajstić information content (AvgIpc) is 2.80. The highest BCUT2D eigenvalue weighted by Gasteiger charge is 2.17. The van der Waals surface area contributed by atoms with Gasteiger partial charge in [-0.1, -0.05) is 18.2 Å². The molecule has 4 rings (SSSR count). The molecule has 0 spiro atoms. The normalized spacial score (nSPS) is 10.9. The second-order valence-electron chi connectivity index (χ2n) is 6.86. The first-order valence-corrected chi connectivity index (χ1v) is 9.62. The molecule has 0 atom stereocenters. The number of carbonyl (C=O) groups is 2. The van der Waals surface area contributed by atoms with Crippen LogP contribution in [-0.2, 0) is 17.9 Å². The van der Waals surface area contributed by atoms with E-state index in [0.29, 0.717) is 16.3 Å². The van der Waals surface area contributed by atoms with E-state index in [1.807, 2.05) is 0 Å². The molecule has 0 unspecified atom stereocenters. The Hall–Kier alpha value is -4.41. The Balaban J connectivity index is 1.53. The van der Waals surface area contributed by atoms with Gasteiger partial charge in [-0.15, -0.1) is 0 Å². The van der Waals surface area contributed by atoms with Crippen molar-refractivity contribution in [2.24, 2.45) is 0 Å². The lowest BCUT2D eigenvalue weighted by Crippen LogP contribution is -2.45. The van der Waals surface area contributed by atoms with Gasteiger partial charge in [0.25, 0.3) is 22.9 Å². The van der Waals surface area contributed by atoms with Crippen molar-refractivity contribution in [2.75, 3.05) is 0 Å². The molecular formula is C21H17FN6O4. The van der Waals surface area contributed by atoms with Crippen LogP contribution in [-0.4, -0.2) is 31.1 Å². The van der Waals surface area contributed by atoms with Gasteiger partial charge in [0.15, 0.2) is 5.69 Å². The summed E-state index contributed by atoms with van der Waals surface area (Å²) >= 11 is 0. The van der Waals surface area contributed by atoms with Crippen molar-refractivity contribution in [3.05, 3.63) is 81.0 Å². The number of halogens is 1. The second-order valence-corrected chi connectivity index (χ2v) is 6.86. The van der Waals surface area contributed by atoms with E-state index in [0.717, 1.165) is 21.6 Å². The van der Waals surface area contributed by atoms with Crippen LogP contribution < -0.4 is 22.0 Å². The molecule has 2 heterocycles. The minimum atomic E-state index is -0.734. The molecule has 0 aliphatic carbocycles. The topological polar surface area (TPSA) is 128 Å². The van der Waals surface area contributed by atoms with Crippen molar-refractivity contribution in [1.29, 1.82) is 0 Å². The maximum atomic E-state index is 13.4. The fraction of sp³-hybridized carbons (Fsp3) is 0.143. The third-order valence-electron chi connectivity index (χ3n) is 4.80. The number of aryl methyl sites for hydroxylation is 1. The lowest BCUT2D eigenvalue weighted by atomic mass is 10.1. The number of fused-ring (bicyclic) bond motifs is 2. The number of hydrogen-bond donors (Lipinski definition) is 2. The zero-order valence-electron chi connectivity index (χ0n) is 16.8. The molecule has 0 saturated carbocycles. The van der Waals surface area contributed by atoms with E-state index in [9.17, 15) is 23.6 Å². The molecule has 0 aliphatic rings. The highest BCUT2D eigenvalue weighted by Crippen LogP contribution is 2.13. The number of hydrazine groups is 1. The first-order valence-electron chi connectivity index (χ1n) is 9.62. The summed E-state index contributed by atoms with van der Waals surface area (Å²) in [6, 6.07) is 10.1. The minimum absolute atomic E-state index is 0.0295. The van der Waals surface area contributed by atoms with E-state index >= 15 is 0 Å². The largest absolute Gasteiger partial charge is 0.290 e. The lowest BCUT2D eigenvalue weighted by Gasteiger charge is -2.11. The standard InChI is InChI=1S/C21H17FN6O4/c1-2-28-21(32)14-6-4-3-5-13(14)18(26-28)19(30)25-24-17(29)10-27-11-23-16-8-7-12(22)9-15(16)20(27)31/h3-9,11H,2,10H2,1H3,(H,24,29)(H,25,30). The van der Waals surface area contributed by atoms with E-state index in [1.165, 1.54) is 12.1 Å². The number of nitrogens with zero attached hydrogens (tertiary/aromatic N) is 4. The zero-order chi connectivity index (χ0) is 22.8. The third kappa shape index (κ3) is 3.83. The van der Waals surface area contributed by atoms with Crippen molar-refractivity contribution < 1.29 is 14.0 Å². The predicted molar refractivity (Wildman–Crippen MR) is 113 cm³/mol. The van der Waals surface area contributed by atoms with Gasteiger partial charge in [0.05, 0.1) is 22.6 Å². The Labute approximate surface area is 179 Å². The van der Waals surface area contributed by atoms with Crippen LogP contribution >= 0.6 is 0 Å². The second kappa shape index (κ2) is 8.38. The smallest absolute Gasteiger partial charge is 0.289 e. The zero-order valence-corrected chi connectivity index (χ0v) is 16.8. The molecular weight excluding hydrogens is 419 g/mol. The molecule has 0 fully saturated rings. The molecule has 2 aromatic heterocycles. The van der Waals surface area contributed by atoms with Crippen molar-refractivity contribution in [3.8, 4) is 0 Å². The van der Waals surface area contributed by atoms with E-state index in [4.69, 9.17) is 0 Å². The van der Waals surface area contributed by atoms with E-state index < -0.39 is 29.7 Å². The monoisotopic (exact) mass is 436 g/mol. The summed E-state index contributed by atoms with van der Waals surface area (Å²) in [4.78, 5) is 53.8. The highest BCUT2D eigenvalue weighted by atomic mass is 19.1. The van der Waals surface area contributed by atoms with Crippen molar-refractivity contribution >= 4 is 33.5 Å². The summed E-state index contributed by atoms with van der Waals surface area (Å²) in [5, 5.41) is 4.77. The summed E-state index contributed by atoms with van der Waals surface area (Å²) in [6.07, 6.45) is 1.16. The van der Waals surface area contributed by atoms with Crippen molar-refractivity contribution in [1.82, 2.24) is 30.2 Å². The number of hydrogen-bond acceptors (Lipinski definition) is 6. The lowest BCUT2D eigenvalue weighted by molar-refractivity contribution is -0.122. The van der Waals surface area contributed by atoms with Crippen LogP contribution in [0.4, 0.5) is 4.39 Å². The molecule has 0 radical (unpaired) electrons. The number of nitrogens with one attached hydrogen (secondary N) is 2. The van der Waals surface area contributed by atoms with Gasteiger partial charge in [0.1, 0.15) is 12.4 Å². The van der Waals surface area contributed by atoms with Crippen molar-refractivity contribution in [3.63, 3.8) is 0 Å². The van der Waals surface area contributed by atoms with E-state index in [-0.39, 0.29) is 23.2 Å². The van der Waals surface area contributed by atoms with Crippen LogP contribution in [0.15, 0.2) is 58.4 Å². The highest BCUT2D eigenvalue weighted by molar-refractivity contribution is 6.05. The van der Waals surface area contributed by atoms with Gasteiger partial charge in [0, 0.05) is 11.9 Å². The number of carbonyl (C=O) groups excluding carboxylic acids is 2. The van der Waals surface area contributed by atoms with Crippen LogP contribution in [0.25, 0.3) is 21.7 Å². The Kier molecular flexibility index (Phi) is 5.46. The molecule has 2 aromatic carbocycles. The molecule has 32 heavy (non-hydrogen) atoms. The minimum Gasteiger partial charge on any atom is -0.289 e. The van der Waals surface area contributed by atoms with E-state index in [2.05, 4.69) is 20.9 Å². The Morgan fingerprint density at radius 3 is 2.50 bits per heavy atom. The van der Waals surface area contributed by atoms with Gasteiger partial charge in [0.2, 0.25) is 0 Å². The number of benzene rings is 2. The summed E-state index contributed by atoms with van der Waals surface area (Å²) in [5.74, 6) is -2.05. The number of rotatable bonds is 4. The molecule has 0 saturated heterocycles. The van der Waals surface area contributed by atoms with Gasteiger partial charge in [-0.05, 0) is 31.2 Å². The molecule has 10 nitrogen and oxygen atoms in total. The first kappa shape index (κ1) is 20.8. The Bertz CT molecular complexity index is 1490. The van der Waals surface area contributed by atoms with Crippen LogP contribution in [0.2, 0.25) is 0 Å². The van der Waals surface area contributed by atoms with Crippen LogP contribution in [0.5, 0.6) is 0 Å². The van der Waals surface area contributed by atoms with Crippen molar-refractivity contribution in [2.45, 2.75) is 20.0 Å². The summed E-state index contributed by atoms with van der Waals surface area (Å²) in [5.41, 5.74) is 3.77. The Morgan fingerprint density at radius 1 is 1.00 bits per heavy atom. The fourth-order valence-electron chi connectivity index (χ4n) is 3.24. The molecule has 4 aromatic rings. The molecule has 11 heteroatoms. The van der Waals surface area contributed by atoms with Gasteiger partial charge in [-0.25, -0.2) is 14.1 Å². The first-order chi connectivity index (χ1) is 15.4. The predicted octanol–water partition coefficient (Wildman–Crippen LogP) is 0.727. The molecule has 2 amide bonds. The number of aromatic nitrogens is 4. The summed E-state index contributed by atoms with van der Waals surface area (Å²) in [6.45, 7) is 1.52. The molecule has 0 aliphatic heterocycles. The van der Waals surface area contributed by atoms with Gasteiger partial charge < -0.3 is 0 Å². The maximum absolute atomic E-state index is 13.4. The average molecular weight is 436 g/mol. The maximum Gasteiger partial charge on any atom is 0.290 e. The summed E-state index contributed by atoms with van der Waals surface area (Å²) in [7, 11) is 0. The molecule has 162 valence electrons. The third-order valence-corrected chi connectivity index (χ3v) is 4.80. The van der Waals surface area contributed by atoms with Gasteiger partial charge in [-0.2, -0.15) is 5.10 Å². The van der Waals surface area contributed by atoms with Gasteiger partial charge in [-0.3, -0.25) is 34.6 Å². The number of amides is 2. The van der Waals surface area contributed by atoms with Gasteiger partial charge >= 0.3 is 0 Å².